The zero-order valence-electron chi connectivity index (χ0n) is 11.9. The van der Waals surface area contributed by atoms with E-state index in [2.05, 4.69) is 32.7 Å². The van der Waals surface area contributed by atoms with Gasteiger partial charge in [0.25, 0.3) is 0 Å². The van der Waals surface area contributed by atoms with Crippen LogP contribution in [0.25, 0.3) is 0 Å². The van der Waals surface area contributed by atoms with Gasteiger partial charge in [0.05, 0.1) is 0 Å². The van der Waals surface area contributed by atoms with E-state index >= 15 is 0 Å². The van der Waals surface area contributed by atoms with Gasteiger partial charge >= 0.3 is 0 Å². The van der Waals surface area contributed by atoms with Crippen LogP contribution in [0.1, 0.15) is 38.8 Å². The molecule has 0 aliphatic carbocycles. The van der Waals surface area contributed by atoms with Crippen molar-refractivity contribution in [3.8, 4) is 0 Å². The Labute approximate surface area is 110 Å². The first-order valence-corrected chi connectivity index (χ1v) is 6.55. The molecule has 0 aliphatic rings. The summed E-state index contributed by atoms with van der Waals surface area (Å²) in [5.74, 6) is -0.169. The lowest BCUT2D eigenvalue weighted by Gasteiger charge is -2.34. The van der Waals surface area contributed by atoms with Crippen LogP contribution in [0.3, 0.4) is 0 Å². The fraction of sp³-hybridized carbons (Fsp3) is 0.600. The number of nitrogens with two attached hydrogens (primary N) is 1. The first-order valence-electron chi connectivity index (χ1n) is 6.55. The summed E-state index contributed by atoms with van der Waals surface area (Å²) < 4.78 is 13.3. The lowest BCUT2D eigenvalue weighted by atomic mass is 9.91. The van der Waals surface area contributed by atoms with Gasteiger partial charge in [-0.1, -0.05) is 32.9 Å². The number of nitrogens with zero attached hydrogens (tertiary/aromatic N) is 1. The molecule has 0 spiro atoms. The summed E-state index contributed by atoms with van der Waals surface area (Å²) in [6, 6.07) is 7.12. The molecule has 2 N–H and O–H groups in total. The van der Waals surface area contributed by atoms with Crippen LogP contribution in [0, 0.1) is 11.2 Å². The molecular formula is C15H25FN2. The molecule has 0 aromatic heterocycles. The van der Waals surface area contributed by atoms with Gasteiger partial charge in [0.1, 0.15) is 5.82 Å². The largest absolute Gasteiger partial charge is 0.330 e. The lowest BCUT2D eigenvalue weighted by Crippen LogP contribution is -2.38. The van der Waals surface area contributed by atoms with Gasteiger partial charge in [-0.3, -0.25) is 4.90 Å². The second-order valence-electron chi connectivity index (χ2n) is 5.76. The van der Waals surface area contributed by atoms with Crippen molar-refractivity contribution in [1.29, 1.82) is 0 Å². The Bertz CT molecular complexity index is 377. The minimum Gasteiger partial charge on any atom is -0.330 e. The Morgan fingerprint density at radius 3 is 2.56 bits per heavy atom. The van der Waals surface area contributed by atoms with Gasteiger partial charge in [-0.2, -0.15) is 0 Å². The highest BCUT2D eigenvalue weighted by Crippen LogP contribution is 2.26. The molecule has 0 heterocycles. The van der Waals surface area contributed by atoms with Crippen LogP contribution < -0.4 is 5.73 Å². The minimum absolute atomic E-state index is 0.0789. The van der Waals surface area contributed by atoms with E-state index in [0.717, 1.165) is 18.5 Å². The molecule has 0 radical (unpaired) electrons. The van der Waals surface area contributed by atoms with E-state index in [1.54, 1.807) is 12.1 Å². The van der Waals surface area contributed by atoms with E-state index in [4.69, 9.17) is 5.73 Å². The Morgan fingerprint density at radius 2 is 2.06 bits per heavy atom. The van der Waals surface area contributed by atoms with Crippen molar-refractivity contribution >= 4 is 0 Å². The van der Waals surface area contributed by atoms with Crippen LogP contribution >= 0.6 is 0 Å². The third-order valence-corrected chi connectivity index (χ3v) is 3.38. The van der Waals surface area contributed by atoms with Crippen molar-refractivity contribution in [3.63, 3.8) is 0 Å². The predicted molar refractivity (Wildman–Crippen MR) is 74.9 cm³/mol. The molecule has 0 saturated heterocycles. The molecule has 0 amide bonds. The maximum Gasteiger partial charge on any atom is 0.123 e. The summed E-state index contributed by atoms with van der Waals surface area (Å²) in [5.41, 5.74) is 6.89. The van der Waals surface area contributed by atoms with Gasteiger partial charge in [-0.25, -0.2) is 4.39 Å². The molecule has 1 rings (SSSR count). The maximum absolute atomic E-state index is 13.3. The first kappa shape index (κ1) is 15.1. The number of hydrogen-bond acceptors (Lipinski definition) is 2. The average Bonchev–Trinajstić information content (AvgIpc) is 2.29. The van der Waals surface area contributed by atoms with Gasteiger partial charge < -0.3 is 5.73 Å². The Morgan fingerprint density at radius 1 is 1.39 bits per heavy atom. The van der Waals surface area contributed by atoms with Crippen molar-refractivity contribution in [3.05, 3.63) is 35.6 Å². The van der Waals surface area contributed by atoms with Crippen LogP contribution in [-0.4, -0.2) is 25.0 Å². The topological polar surface area (TPSA) is 29.3 Å². The summed E-state index contributed by atoms with van der Waals surface area (Å²) in [5, 5.41) is 0. The van der Waals surface area contributed by atoms with Crippen molar-refractivity contribution in [2.24, 2.45) is 11.1 Å². The fourth-order valence-corrected chi connectivity index (χ4v) is 2.37. The molecule has 3 heteroatoms. The van der Waals surface area contributed by atoms with Crippen LogP contribution in [0.2, 0.25) is 0 Å². The zero-order chi connectivity index (χ0) is 13.8. The maximum atomic E-state index is 13.3. The zero-order valence-corrected chi connectivity index (χ0v) is 11.9. The van der Waals surface area contributed by atoms with E-state index in [1.165, 1.54) is 6.07 Å². The van der Waals surface area contributed by atoms with Gasteiger partial charge in [-0.05, 0) is 43.1 Å². The Kier molecular flexibility index (Phi) is 5.29. The van der Waals surface area contributed by atoms with Gasteiger partial charge in [0, 0.05) is 12.6 Å². The number of rotatable bonds is 6. The Hall–Kier alpha value is -0.930. The second-order valence-corrected chi connectivity index (χ2v) is 5.76. The van der Waals surface area contributed by atoms with Crippen molar-refractivity contribution in [2.45, 2.75) is 33.2 Å². The Balaban J connectivity index is 2.83. The highest BCUT2D eigenvalue weighted by Gasteiger charge is 2.23. The summed E-state index contributed by atoms with van der Waals surface area (Å²) in [4.78, 5) is 2.27. The van der Waals surface area contributed by atoms with Crippen LogP contribution in [0.5, 0.6) is 0 Å². The third kappa shape index (κ3) is 4.07. The molecule has 1 aromatic rings. The fourth-order valence-electron chi connectivity index (χ4n) is 2.37. The number of halogens is 1. The summed E-state index contributed by atoms with van der Waals surface area (Å²) in [6.07, 6.45) is 0.959. The van der Waals surface area contributed by atoms with Crippen molar-refractivity contribution in [1.82, 2.24) is 4.90 Å². The monoisotopic (exact) mass is 252 g/mol. The van der Waals surface area contributed by atoms with Gasteiger partial charge in [0.2, 0.25) is 0 Å². The van der Waals surface area contributed by atoms with E-state index in [0.29, 0.717) is 6.54 Å². The normalized spacial score (nSPS) is 13.9. The summed E-state index contributed by atoms with van der Waals surface area (Å²) in [7, 11) is 2.08. The van der Waals surface area contributed by atoms with E-state index in [-0.39, 0.29) is 17.3 Å². The molecule has 18 heavy (non-hydrogen) atoms. The molecular weight excluding hydrogens is 227 g/mol. The van der Waals surface area contributed by atoms with Gasteiger partial charge in [0.15, 0.2) is 0 Å². The van der Waals surface area contributed by atoms with Crippen molar-refractivity contribution < 1.29 is 4.39 Å². The van der Waals surface area contributed by atoms with Crippen LogP contribution in [0.4, 0.5) is 4.39 Å². The molecule has 2 nitrogen and oxygen atoms in total. The summed E-state index contributed by atoms with van der Waals surface area (Å²) in [6.45, 7) is 7.99. The van der Waals surface area contributed by atoms with Crippen LogP contribution in [-0.2, 0) is 0 Å². The third-order valence-electron chi connectivity index (χ3n) is 3.38. The SMILES string of the molecule is CCC(c1cccc(F)c1)N(C)CC(C)(C)CN. The average molecular weight is 252 g/mol. The smallest absolute Gasteiger partial charge is 0.123 e. The highest BCUT2D eigenvalue weighted by atomic mass is 19.1. The molecule has 1 atom stereocenters. The standard InChI is InChI=1S/C15H25FN2/c1-5-14(12-7-6-8-13(16)9-12)18(4)11-15(2,3)10-17/h6-9,14H,5,10-11,17H2,1-4H3. The van der Waals surface area contributed by atoms with Crippen LogP contribution in [0.15, 0.2) is 24.3 Å². The first-order chi connectivity index (χ1) is 8.39. The van der Waals surface area contributed by atoms with E-state index in [9.17, 15) is 4.39 Å². The molecule has 0 bridgehead atoms. The molecule has 0 aliphatic heterocycles. The molecule has 0 fully saturated rings. The van der Waals surface area contributed by atoms with Crippen molar-refractivity contribution in [2.75, 3.05) is 20.1 Å². The predicted octanol–water partition coefficient (Wildman–Crippen LogP) is 3.19. The lowest BCUT2D eigenvalue weighted by molar-refractivity contribution is 0.161. The molecule has 1 aromatic carbocycles. The van der Waals surface area contributed by atoms with Gasteiger partial charge in [-0.15, -0.1) is 0 Å². The molecule has 1 unspecified atom stereocenters. The minimum atomic E-state index is -0.169. The molecule has 0 saturated carbocycles. The number of benzene rings is 1. The second kappa shape index (κ2) is 6.30. The molecule has 102 valence electrons. The number of hydrogen-bond donors (Lipinski definition) is 1. The van der Waals surface area contributed by atoms with E-state index < -0.39 is 0 Å². The van der Waals surface area contributed by atoms with E-state index in [1.807, 2.05) is 6.07 Å². The highest BCUT2D eigenvalue weighted by molar-refractivity contribution is 5.20. The summed E-state index contributed by atoms with van der Waals surface area (Å²) >= 11 is 0. The quantitative estimate of drug-likeness (QED) is 0.842.